The van der Waals surface area contributed by atoms with Crippen LogP contribution in [0.1, 0.15) is 32.1 Å². The Morgan fingerprint density at radius 2 is 1.93 bits per heavy atom. The molecule has 1 fully saturated rings. The van der Waals surface area contributed by atoms with Gasteiger partial charge in [0.25, 0.3) is 10.0 Å². The summed E-state index contributed by atoms with van der Waals surface area (Å²) in [6, 6.07) is 6.53. The fourth-order valence-electron chi connectivity index (χ4n) is 3.50. The van der Waals surface area contributed by atoms with Gasteiger partial charge in [-0.15, -0.1) is 0 Å². The first kappa shape index (κ1) is 19.1. The van der Waals surface area contributed by atoms with E-state index in [0.29, 0.717) is 23.6 Å². The van der Waals surface area contributed by atoms with Crippen LogP contribution >= 0.6 is 0 Å². The Labute approximate surface area is 158 Å². The Hall–Kier alpha value is -2.68. The van der Waals surface area contributed by atoms with E-state index in [2.05, 4.69) is 14.7 Å². The predicted molar refractivity (Wildman–Crippen MR) is 103 cm³/mol. The van der Waals surface area contributed by atoms with Crippen molar-refractivity contribution >= 4 is 32.7 Å². The van der Waals surface area contributed by atoms with Crippen molar-refractivity contribution in [3.05, 3.63) is 36.7 Å². The second kappa shape index (κ2) is 7.51. The van der Waals surface area contributed by atoms with E-state index in [-0.39, 0.29) is 17.4 Å². The molecule has 0 atom stereocenters. The van der Waals surface area contributed by atoms with Gasteiger partial charge in [0.15, 0.2) is 0 Å². The molecule has 1 aromatic heterocycles. The minimum Gasteiger partial charge on any atom is -0.369 e. The van der Waals surface area contributed by atoms with Gasteiger partial charge in [0, 0.05) is 23.2 Å². The Morgan fingerprint density at radius 1 is 1.19 bits per heavy atom. The van der Waals surface area contributed by atoms with E-state index in [0.717, 1.165) is 19.3 Å². The van der Waals surface area contributed by atoms with Gasteiger partial charge in [-0.3, -0.25) is 14.8 Å². The van der Waals surface area contributed by atoms with E-state index < -0.39 is 21.3 Å². The number of rotatable bonds is 5. The standard InChI is InChI=1S/C18H23N5O3S/c19-16(24)18(8-2-1-3-9-18)12-22-17(20)23-27(25,26)15-6-4-5-13-11-21-10-7-14(13)15/h4-7,10-11H,1-3,8-9,12H2,(H2,19,24)(H3,20,22,23). The summed E-state index contributed by atoms with van der Waals surface area (Å²) in [7, 11) is -3.93. The van der Waals surface area contributed by atoms with E-state index in [1.54, 1.807) is 24.4 Å². The number of hydrogen-bond donors (Lipinski definition) is 3. The molecule has 0 bridgehead atoms. The monoisotopic (exact) mass is 389 g/mol. The maximum Gasteiger partial charge on any atom is 0.264 e. The maximum atomic E-state index is 12.7. The lowest BCUT2D eigenvalue weighted by Crippen LogP contribution is -2.43. The summed E-state index contributed by atoms with van der Waals surface area (Å²) < 4.78 is 27.8. The molecule has 9 heteroatoms. The van der Waals surface area contributed by atoms with Gasteiger partial charge in [-0.1, -0.05) is 31.4 Å². The van der Waals surface area contributed by atoms with E-state index >= 15 is 0 Å². The number of carbonyl (C=O) groups excluding carboxylic acids is 1. The molecular formula is C18H23N5O3S. The number of primary amides is 1. The molecule has 0 radical (unpaired) electrons. The fourth-order valence-corrected chi connectivity index (χ4v) is 4.68. The summed E-state index contributed by atoms with van der Waals surface area (Å²) in [6.45, 7) is 0.0795. The number of nitrogens with one attached hydrogen (secondary N) is 1. The smallest absolute Gasteiger partial charge is 0.264 e. The number of sulfonamides is 1. The number of aromatic nitrogens is 1. The lowest BCUT2D eigenvalue weighted by molar-refractivity contribution is -0.128. The summed E-state index contributed by atoms with van der Waals surface area (Å²) in [5.74, 6) is -0.671. The molecule has 0 aliphatic heterocycles. The summed E-state index contributed by atoms with van der Waals surface area (Å²) in [4.78, 5) is 20.1. The zero-order valence-corrected chi connectivity index (χ0v) is 15.7. The zero-order chi connectivity index (χ0) is 19.5. The van der Waals surface area contributed by atoms with Crippen LogP contribution in [0, 0.1) is 5.41 Å². The third-order valence-corrected chi connectivity index (χ3v) is 6.47. The number of nitrogens with zero attached hydrogens (tertiary/aromatic N) is 2. The molecule has 1 saturated carbocycles. The van der Waals surface area contributed by atoms with Gasteiger partial charge in [-0.05, 0) is 25.0 Å². The molecule has 1 aliphatic carbocycles. The van der Waals surface area contributed by atoms with E-state index in [1.165, 1.54) is 12.3 Å². The van der Waals surface area contributed by atoms with Crippen LogP contribution in [0.3, 0.4) is 0 Å². The topological polar surface area (TPSA) is 141 Å². The number of pyridine rings is 1. The van der Waals surface area contributed by atoms with Crippen molar-refractivity contribution in [2.24, 2.45) is 21.9 Å². The van der Waals surface area contributed by atoms with Gasteiger partial charge >= 0.3 is 0 Å². The van der Waals surface area contributed by atoms with Crippen molar-refractivity contribution in [2.45, 2.75) is 37.0 Å². The van der Waals surface area contributed by atoms with Gasteiger partial charge in [-0.2, -0.15) is 0 Å². The highest BCUT2D eigenvalue weighted by Crippen LogP contribution is 2.36. The third kappa shape index (κ3) is 4.02. The van der Waals surface area contributed by atoms with Crippen LogP contribution in [0.4, 0.5) is 0 Å². The summed E-state index contributed by atoms with van der Waals surface area (Å²) in [6.07, 6.45) is 7.24. The highest BCUT2D eigenvalue weighted by Gasteiger charge is 2.37. The SMILES string of the molecule is NC(=O)C1(CN=C(N)NS(=O)(=O)c2cccc3cnccc23)CCCCC1. The summed E-state index contributed by atoms with van der Waals surface area (Å²) >= 11 is 0. The van der Waals surface area contributed by atoms with E-state index in [9.17, 15) is 13.2 Å². The number of hydrogen-bond acceptors (Lipinski definition) is 5. The first-order valence-corrected chi connectivity index (χ1v) is 10.3. The van der Waals surface area contributed by atoms with Crippen molar-refractivity contribution in [3.63, 3.8) is 0 Å². The van der Waals surface area contributed by atoms with Crippen LogP contribution in [0.25, 0.3) is 10.8 Å². The van der Waals surface area contributed by atoms with Crippen LogP contribution in [-0.4, -0.2) is 31.8 Å². The molecule has 1 heterocycles. The van der Waals surface area contributed by atoms with Crippen molar-refractivity contribution in [1.82, 2.24) is 9.71 Å². The van der Waals surface area contributed by atoms with E-state index in [1.807, 2.05) is 0 Å². The molecule has 1 amide bonds. The van der Waals surface area contributed by atoms with Gasteiger partial charge < -0.3 is 11.5 Å². The molecule has 3 rings (SSSR count). The quantitative estimate of drug-likeness (QED) is 0.521. The number of amides is 1. The van der Waals surface area contributed by atoms with Crippen molar-refractivity contribution in [1.29, 1.82) is 0 Å². The average Bonchev–Trinajstić information content (AvgIpc) is 2.66. The number of benzene rings is 1. The predicted octanol–water partition coefficient (Wildman–Crippen LogP) is 1.26. The highest BCUT2D eigenvalue weighted by atomic mass is 32.2. The lowest BCUT2D eigenvalue weighted by atomic mass is 9.73. The number of nitrogens with two attached hydrogens (primary N) is 2. The van der Waals surface area contributed by atoms with Crippen molar-refractivity contribution in [2.75, 3.05) is 6.54 Å². The minimum absolute atomic E-state index is 0.0795. The first-order valence-electron chi connectivity index (χ1n) is 8.79. The molecule has 27 heavy (non-hydrogen) atoms. The largest absolute Gasteiger partial charge is 0.369 e. The van der Waals surface area contributed by atoms with Crippen molar-refractivity contribution < 1.29 is 13.2 Å². The number of fused-ring (bicyclic) bond motifs is 1. The van der Waals surface area contributed by atoms with Gasteiger partial charge in [-0.25, -0.2) is 13.1 Å². The molecule has 8 nitrogen and oxygen atoms in total. The third-order valence-electron chi connectivity index (χ3n) is 5.05. The van der Waals surface area contributed by atoms with Gasteiger partial charge in [0.05, 0.1) is 16.9 Å². The van der Waals surface area contributed by atoms with Crippen LogP contribution in [-0.2, 0) is 14.8 Å². The number of aliphatic imine (C=N–C) groups is 1. The second-order valence-corrected chi connectivity index (χ2v) is 8.52. The summed E-state index contributed by atoms with van der Waals surface area (Å²) in [5.41, 5.74) is 10.6. The van der Waals surface area contributed by atoms with Gasteiger partial charge in [0.2, 0.25) is 11.9 Å². The number of carbonyl (C=O) groups is 1. The van der Waals surface area contributed by atoms with Crippen molar-refractivity contribution in [3.8, 4) is 0 Å². The normalized spacial score (nSPS) is 17.6. The average molecular weight is 389 g/mol. The fraction of sp³-hybridized carbons (Fsp3) is 0.389. The molecular weight excluding hydrogens is 366 g/mol. The highest BCUT2D eigenvalue weighted by molar-refractivity contribution is 7.90. The van der Waals surface area contributed by atoms with Gasteiger partial charge in [0.1, 0.15) is 0 Å². The molecule has 144 valence electrons. The Bertz CT molecular complexity index is 976. The maximum absolute atomic E-state index is 12.7. The molecule has 0 saturated heterocycles. The minimum atomic E-state index is -3.93. The Kier molecular flexibility index (Phi) is 5.31. The molecule has 1 aliphatic rings. The van der Waals surface area contributed by atoms with Crippen LogP contribution in [0.2, 0.25) is 0 Å². The zero-order valence-electron chi connectivity index (χ0n) is 14.9. The molecule has 5 N–H and O–H groups in total. The molecule has 0 unspecified atom stereocenters. The van der Waals surface area contributed by atoms with Crippen LogP contribution < -0.4 is 16.2 Å². The van der Waals surface area contributed by atoms with Crippen LogP contribution in [0.15, 0.2) is 46.5 Å². The molecule has 2 aromatic rings. The van der Waals surface area contributed by atoms with Crippen LogP contribution in [0.5, 0.6) is 0 Å². The second-order valence-electron chi connectivity index (χ2n) is 6.87. The van der Waals surface area contributed by atoms with E-state index in [4.69, 9.17) is 11.5 Å². The molecule has 0 spiro atoms. The molecule has 1 aromatic carbocycles. The Balaban J connectivity index is 1.82. The first-order chi connectivity index (χ1) is 12.8. The summed E-state index contributed by atoms with van der Waals surface area (Å²) in [5, 5.41) is 1.24. The Morgan fingerprint density at radius 3 is 2.63 bits per heavy atom. The number of guanidine groups is 1. The lowest BCUT2D eigenvalue weighted by Gasteiger charge is -2.32.